The van der Waals surface area contributed by atoms with E-state index in [2.05, 4.69) is 9.97 Å². The fourth-order valence-corrected chi connectivity index (χ4v) is 1.51. The molecule has 0 aromatic carbocycles. The number of ether oxygens (including phenoxy) is 1. The van der Waals surface area contributed by atoms with E-state index in [1.54, 1.807) is 24.3 Å². The first-order valence-corrected chi connectivity index (χ1v) is 6.89. The maximum absolute atomic E-state index is 11.9. The van der Waals surface area contributed by atoms with Crippen molar-refractivity contribution >= 4 is 18.1 Å². The Hall–Kier alpha value is -2.11. The van der Waals surface area contributed by atoms with Crippen LogP contribution in [0.4, 0.5) is 10.7 Å². The van der Waals surface area contributed by atoms with Gasteiger partial charge in [0.25, 0.3) is 0 Å². The maximum atomic E-state index is 11.9. The van der Waals surface area contributed by atoms with Crippen molar-refractivity contribution in [3.63, 3.8) is 0 Å². The van der Waals surface area contributed by atoms with Crippen LogP contribution >= 0.6 is 0 Å². The van der Waals surface area contributed by atoms with E-state index in [-0.39, 0.29) is 18.1 Å². The number of carbonyl (C=O) groups excluding carboxylic acids is 1. The van der Waals surface area contributed by atoms with Crippen LogP contribution in [-0.2, 0) is 4.74 Å². The zero-order valence-corrected chi connectivity index (χ0v) is 13.3. The highest BCUT2D eigenvalue weighted by molar-refractivity contribution is 5.68. The van der Waals surface area contributed by atoms with Gasteiger partial charge >= 0.3 is 6.09 Å². The summed E-state index contributed by atoms with van der Waals surface area (Å²) in [6.45, 7) is 7.52. The molecule has 116 valence electrons. The van der Waals surface area contributed by atoms with Crippen LogP contribution in [-0.4, -0.2) is 39.7 Å². The summed E-state index contributed by atoms with van der Waals surface area (Å²) in [6.07, 6.45) is 7.57. The van der Waals surface area contributed by atoms with Crippen LogP contribution in [0.25, 0.3) is 6.08 Å². The zero-order valence-electron chi connectivity index (χ0n) is 13.3. The summed E-state index contributed by atoms with van der Waals surface area (Å²) in [4.78, 5) is 21.3. The average Bonchev–Trinajstić information content (AvgIpc) is 2.38. The minimum atomic E-state index is -0.484. The van der Waals surface area contributed by atoms with Crippen molar-refractivity contribution in [1.29, 1.82) is 0 Å². The molecule has 0 fully saturated rings. The molecule has 1 unspecified atom stereocenters. The molecule has 0 saturated carbocycles. The average molecular weight is 292 g/mol. The van der Waals surface area contributed by atoms with Crippen LogP contribution in [0.3, 0.4) is 0 Å². The summed E-state index contributed by atoms with van der Waals surface area (Å²) in [5.41, 5.74) is 5.81. The second kappa shape index (κ2) is 7.06. The van der Waals surface area contributed by atoms with Crippen molar-refractivity contribution in [2.75, 3.05) is 12.8 Å². The van der Waals surface area contributed by atoms with Crippen molar-refractivity contribution in [2.45, 2.75) is 45.8 Å². The second-order valence-electron chi connectivity index (χ2n) is 5.95. The SMILES string of the molecule is CC(CC=Cc1cnc(N)nc1)N(C)C(=O)OC(C)(C)C. The van der Waals surface area contributed by atoms with Crippen molar-refractivity contribution in [3.8, 4) is 0 Å². The van der Waals surface area contributed by atoms with Gasteiger partial charge in [-0.1, -0.05) is 12.2 Å². The predicted molar refractivity (Wildman–Crippen MR) is 83.6 cm³/mol. The van der Waals surface area contributed by atoms with Gasteiger partial charge < -0.3 is 15.4 Å². The Labute approximate surface area is 126 Å². The molecule has 1 heterocycles. The number of nitrogens with zero attached hydrogens (tertiary/aromatic N) is 3. The number of amides is 1. The van der Waals surface area contributed by atoms with E-state index in [9.17, 15) is 4.79 Å². The van der Waals surface area contributed by atoms with E-state index in [1.165, 1.54) is 0 Å². The summed E-state index contributed by atoms with van der Waals surface area (Å²) < 4.78 is 5.33. The van der Waals surface area contributed by atoms with Gasteiger partial charge in [0.2, 0.25) is 5.95 Å². The van der Waals surface area contributed by atoms with Crippen LogP contribution in [0.2, 0.25) is 0 Å². The van der Waals surface area contributed by atoms with Crippen molar-refractivity contribution in [1.82, 2.24) is 14.9 Å². The molecule has 0 saturated heterocycles. The highest BCUT2D eigenvalue weighted by Gasteiger charge is 2.22. The van der Waals surface area contributed by atoms with Gasteiger partial charge in [0, 0.05) is 31.0 Å². The lowest BCUT2D eigenvalue weighted by molar-refractivity contribution is 0.0238. The largest absolute Gasteiger partial charge is 0.444 e. The first kappa shape index (κ1) is 16.9. The minimum absolute atomic E-state index is 0.0331. The van der Waals surface area contributed by atoms with E-state index in [0.29, 0.717) is 6.42 Å². The zero-order chi connectivity index (χ0) is 16.0. The first-order chi connectivity index (χ1) is 9.69. The Morgan fingerprint density at radius 2 is 2.00 bits per heavy atom. The van der Waals surface area contributed by atoms with Gasteiger partial charge in [0.05, 0.1) is 0 Å². The molecule has 1 aromatic rings. The predicted octanol–water partition coefficient (Wildman–Crippen LogP) is 2.72. The van der Waals surface area contributed by atoms with Crippen LogP contribution in [0.15, 0.2) is 18.5 Å². The molecule has 0 bridgehead atoms. The number of nitrogens with two attached hydrogens (primary N) is 1. The molecular formula is C15H24N4O2. The van der Waals surface area contributed by atoms with Crippen LogP contribution in [0.1, 0.15) is 39.7 Å². The number of hydrogen-bond acceptors (Lipinski definition) is 5. The van der Waals surface area contributed by atoms with E-state index < -0.39 is 5.60 Å². The fraction of sp³-hybridized carbons (Fsp3) is 0.533. The molecule has 0 aliphatic heterocycles. The van der Waals surface area contributed by atoms with Gasteiger partial charge in [0.15, 0.2) is 0 Å². The third-order valence-corrected chi connectivity index (χ3v) is 2.82. The number of aromatic nitrogens is 2. The summed E-state index contributed by atoms with van der Waals surface area (Å²) in [6, 6.07) is 0.0331. The van der Waals surface area contributed by atoms with E-state index in [0.717, 1.165) is 5.56 Å². The van der Waals surface area contributed by atoms with E-state index in [4.69, 9.17) is 10.5 Å². The number of carbonyl (C=O) groups is 1. The van der Waals surface area contributed by atoms with Crippen LogP contribution in [0.5, 0.6) is 0 Å². The monoisotopic (exact) mass is 292 g/mol. The van der Waals surface area contributed by atoms with Gasteiger partial charge in [-0.15, -0.1) is 0 Å². The lowest BCUT2D eigenvalue weighted by Gasteiger charge is -2.28. The number of nitrogen functional groups attached to an aromatic ring is 1. The lowest BCUT2D eigenvalue weighted by Crippen LogP contribution is -2.39. The summed E-state index contributed by atoms with van der Waals surface area (Å²) in [5.74, 6) is 0.255. The lowest BCUT2D eigenvalue weighted by atomic mass is 10.2. The van der Waals surface area contributed by atoms with Crippen molar-refractivity contribution in [2.24, 2.45) is 0 Å². The molecule has 1 atom stereocenters. The summed E-state index contributed by atoms with van der Waals surface area (Å²) >= 11 is 0. The van der Waals surface area contributed by atoms with Gasteiger partial charge in [-0.3, -0.25) is 0 Å². The Morgan fingerprint density at radius 1 is 1.43 bits per heavy atom. The normalized spacial score (nSPS) is 13.2. The van der Waals surface area contributed by atoms with Crippen LogP contribution < -0.4 is 5.73 Å². The van der Waals surface area contributed by atoms with Gasteiger partial charge in [-0.25, -0.2) is 14.8 Å². The van der Waals surface area contributed by atoms with Crippen molar-refractivity contribution in [3.05, 3.63) is 24.0 Å². The quantitative estimate of drug-likeness (QED) is 0.922. The molecule has 1 rings (SSSR count). The molecule has 0 spiro atoms. The molecule has 0 aliphatic rings. The van der Waals surface area contributed by atoms with Crippen molar-refractivity contribution < 1.29 is 9.53 Å². The third-order valence-electron chi connectivity index (χ3n) is 2.82. The van der Waals surface area contributed by atoms with Gasteiger partial charge in [-0.2, -0.15) is 0 Å². The highest BCUT2D eigenvalue weighted by atomic mass is 16.6. The first-order valence-electron chi connectivity index (χ1n) is 6.89. The number of rotatable bonds is 4. The molecular weight excluding hydrogens is 268 g/mol. The number of anilines is 1. The molecule has 1 amide bonds. The molecule has 0 aliphatic carbocycles. The van der Waals surface area contributed by atoms with E-state index >= 15 is 0 Å². The third kappa shape index (κ3) is 6.25. The topological polar surface area (TPSA) is 81.3 Å². The Balaban J connectivity index is 2.50. The van der Waals surface area contributed by atoms with Crippen LogP contribution in [0, 0.1) is 0 Å². The maximum Gasteiger partial charge on any atom is 0.410 e. The van der Waals surface area contributed by atoms with E-state index in [1.807, 2.05) is 39.8 Å². The highest BCUT2D eigenvalue weighted by Crippen LogP contribution is 2.12. The minimum Gasteiger partial charge on any atom is -0.444 e. The molecule has 21 heavy (non-hydrogen) atoms. The molecule has 6 heteroatoms. The standard InChI is InChI=1S/C15H24N4O2/c1-11(19(5)14(20)21-15(2,3)4)7-6-8-12-9-17-13(16)18-10-12/h6,8-11H,7H2,1-5H3,(H2,16,17,18). The summed E-state index contributed by atoms with van der Waals surface area (Å²) in [5, 5.41) is 0. The second-order valence-corrected chi connectivity index (χ2v) is 5.95. The Kier molecular flexibility index (Phi) is 5.69. The molecule has 2 N–H and O–H groups in total. The summed E-state index contributed by atoms with van der Waals surface area (Å²) in [7, 11) is 1.74. The van der Waals surface area contributed by atoms with Gasteiger partial charge in [-0.05, 0) is 34.1 Å². The molecule has 0 radical (unpaired) electrons. The fourth-order valence-electron chi connectivity index (χ4n) is 1.51. The Bertz CT molecular complexity index is 491. The number of hydrogen-bond donors (Lipinski definition) is 1. The molecule has 1 aromatic heterocycles. The molecule has 6 nitrogen and oxygen atoms in total. The Morgan fingerprint density at radius 3 is 2.52 bits per heavy atom. The smallest absolute Gasteiger partial charge is 0.410 e. The van der Waals surface area contributed by atoms with Gasteiger partial charge in [0.1, 0.15) is 5.60 Å².